The van der Waals surface area contributed by atoms with Crippen LogP contribution in [0.3, 0.4) is 0 Å². The molecule has 0 aromatic heterocycles. The van der Waals surface area contributed by atoms with Crippen LogP contribution in [0.2, 0.25) is 10.0 Å². The molecule has 2 aliphatic rings. The number of benzene rings is 1. The van der Waals surface area contributed by atoms with Gasteiger partial charge in [-0.3, -0.25) is 4.79 Å². The van der Waals surface area contributed by atoms with Crippen molar-refractivity contribution in [2.24, 2.45) is 11.7 Å². The third kappa shape index (κ3) is 4.38. The molecular formula is C17H22Cl2N2O4. The molecule has 6 nitrogen and oxygen atoms in total. The molecule has 3 rings (SSSR count). The van der Waals surface area contributed by atoms with Gasteiger partial charge in [0.2, 0.25) is 5.91 Å². The van der Waals surface area contributed by atoms with Crippen molar-refractivity contribution in [1.29, 1.82) is 0 Å². The van der Waals surface area contributed by atoms with E-state index in [9.17, 15) is 9.90 Å². The standard InChI is InChI=1S/C17H22Cl2N2O4/c18-13-5-12(15(22)6-14(13)19)17(20)10-1-3-21(4-2-10)16(23)9-25-11-7-24-8-11/h5-6,10-11,17,22H,1-4,7-9,20H2/t17-/m1/s1. The fraction of sp³-hybridized carbons (Fsp3) is 0.588. The molecule has 1 amide bonds. The maximum absolute atomic E-state index is 12.2. The minimum Gasteiger partial charge on any atom is -0.508 e. The highest BCUT2D eigenvalue weighted by molar-refractivity contribution is 6.42. The molecule has 0 spiro atoms. The Hall–Kier alpha value is -1.05. The molecule has 0 bridgehead atoms. The first-order chi connectivity index (χ1) is 12.0. The van der Waals surface area contributed by atoms with Gasteiger partial charge in [0.05, 0.1) is 23.3 Å². The van der Waals surface area contributed by atoms with Crippen LogP contribution in [0.15, 0.2) is 12.1 Å². The number of phenolic OH excluding ortho intramolecular Hbond substituents is 1. The lowest BCUT2D eigenvalue weighted by Gasteiger charge is -2.35. The van der Waals surface area contributed by atoms with Crippen LogP contribution in [0.4, 0.5) is 0 Å². The summed E-state index contributed by atoms with van der Waals surface area (Å²) in [5, 5.41) is 10.8. The van der Waals surface area contributed by atoms with E-state index in [2.05, 4.69) is 0 Å². The molecule has 0 radical (unpaired) electrons. The van der Waals surface area contributed by atoms with Crippen molar-refractivity contribution in [3.8, 4) is 5.75 Å². The predicted octanol–water partition coefficient (Wildman–Crippen LogP) is 2.35. The van der Waals surface area contributed by atoms with Gasteiger partial charge in [-0.2, -0.15) is 0 Å². The molecule has 25 heavy (non-hydrogen) atoms. The van der Waals surface area contributed by atoms with Gasteiger partial charge in [0, 0.05) is 30.8 Å². The molecule has 3 N–H and O–H groups in total. The van der Waals surface area contributed by atoms with E-state index in [1.165, 1.54) is 6.07 Å². The predicted molar refractivity (Wildman–Crippen MR) is 94.9 cm³/mol. The topological polar surface area (TPSA) is 85.0 Å². The molecule has 0 saturated carbocycles. The quantitative estimate of drug-likeness (QED) is 0.808. The van der Waals surface area contributed by atoms with Crippen LogP contribution in [0, 0.1) is 5.92 Å². The van der Waals surface area contributed by atoms with E-state index in [1.807, 2.05) is 0 Å². The number of likely N-dealkylation sites (tertiary alicyclic amines) is 1. The summed E-state index contributed by atoms with van der Waals surface area (Å²) in [5.74, 6) is 0.209. The summed E-state index contributed by atoms with van der Waals surface area (Å²) in [6, 6.07) is 2.69. The number of aromatic hydroxyl groups is 1. The summed E-state index contributed by atoms with van der Waals surface area (Å²) >= 11 is 11.9. The highest BCUT2D eigenvalue weighted by atomic mass is 35.5. The van der Waals surface area contributed by atoms with Crippen LogP contribution >= 0.6 is 23.2 Å². The van der Waals surface area contributed by atoms with Crippen molar-refractivity contribution in [3.63, 3.8) is 0 Å². The van der Waals surface area contributed by atoms with Crippen LogP contribution < -0.4 is 5.73 Å². The number of nitrogens with zero attached hydrogens (tertiary/aromatic N) is 1. The largest absolute Gasteiger partial charge is 0.508 e. The van der Waals surface area contributed by atoms with E-state index >= 15 is 0 Å². The molecule has 2 aliphatic heterocycles. The number of ether oxygens (including phenoxy) is 2. The average molecular weight is 389 g/mol. The minimum absolute atomic E-state index is 0.00342. The molecule has 138 valence electrons. The molecular weight excluding hydrogens is 367 g/mol. The fourth-order valence-corrected chi connectivity index (χ4v) is 3.50. The monoisotopic (exact) mass is 388 g/mol. The van der Waals surface area contributed by atoms with Crippen molar-refractivity contribution in [3.05, 3.63) is 27.7 Å². The smallest absolute Gasteiger partial charge is 0.248 e. The lowest BCUT2D eigenvalue weighted by Crippen LogP contribution is -2.44. The zero-order chi connectivity index (χ0) is 18.0. The van der Waals surface area contributed by atoms with Gasteiger partial charge < -0.3 is 25.2 Å². The second-order valence-corrected chi connectivity index (χ2v) is 7.35. The Morgan fingerprint density at radius 2 is 1.96 bits per heavy atom. The van der Waals surface area contributed by atoms with E-state index in [1.54, 1.807) is 11.0 Å². The summed E-state index contributed by atoms with van der Waals surface area (Å²) < 4.78 is 10.5. The Kier molecular flexibility index (Phi) is 6.07. The van der Waals surface area contributed by atoms with Crippen LogP contribution in [-0.4, -0.2) is 54.9 Å². The van der Waals surface area contributed by atoms with Gasteiger partial charge in [-0.25, -0.2) is 0 Å². The van der Waals surface area contributed by atoms with Gasteiger partial charge in [0.15, 0.2) is 0 Å². The van der Waals surface area contributed by atoms with Gasteiger partial charge in [0.1, 0.15) is 18.5 Å². The molecule has 1 aromatic rings. The molecule has 2 heterocycles. The van der Waals surface area contributed by atoms with Crippen LogP contribution in [-0.2, 0) is 14.3 Å². The second-order valence-electron chi connectivity index (χ2n) is 6.54. The van der Waals surface area contributed by atoms with Gasteiger partial charge in [-0.05, 0) is 24.8 Å². The van der Waals surface area contributed by atoms with Crippen LogP contribution in [0.5, 0.6) is 5.75 Å². The van der Waals surface area contributed by atoms with E-state index < -0.39 is 0 Å². The molecule has 0 aliphatic carbocycles. The molecule has 2 fully saturated rings. The molecule has 1 aromatic carbocycles. The van der Waals surface area contributed by atoms with Crippen molar-refractivity contribution < 1.29 is 19.4 Å². The summed E-state index contributed by atoms with van der Waals surface area (Å²) in [4.78, 5) is 14.0. The number of nitrogens with two attached hydrogens (primary N) is 1. The third-order valence-corrected chi connectivity index (χ3v) is 5.60. The zero-order valence-electron chi connectivity index (χ0n) is 13.8. The first-order valence-corrected chi connectivity index (χ1v) is 9.12. The lowest BCUT2D eigenvalue weighted by molar-refractivity contribution is -0.156. The highest BCUT2D eigenvalue weighted by Crippen LogP contribution is 2.37. The van der Waals surface area contributed by atoms with Gasteiger partial charge in [-0.1, -0.05) is 23.2 Å². The summed E-state index contributed by atoms with van der Waals surface area (Å²) in [6.07, 6.45) is 1.57. The van der Waals surface area contributed by atoms with Gasteiger partial charge >= 0.3 is 0 Å². The number of rotatable bonds is 5. The van der Waals surface area contributed by atoms with E-state index in [0.29, 0.717) is 41.9 Å². The Morgan fingerprint density at radius 1 is 1.32 bits per heavy atom. The van der Waals surface area contributed by atoms with Crippen molar-refractivity contribution in [1.82, 2.24) is 4.90 Å². The first kappa shape index (κ1) is 18.7. The molecule has 2 saturated heterocycles. The number of carbonyl (C=O) groups is 1. The number of halogens is 2. The Labute approximate surface area is 156 Å². The second kappa shape index (κ2) is 8.10. The van der Waals surface area contributed by atoms with Crippen LogP contribution in [0.1, 0.15) is 24.4 Å². The Balaban J connectivity index is 1.52. The fourth-order valence-electron chi connectivity index (χ4n) is 3.17. The zero-order valence-corrected chi connectivity index (χ0v) is 15.3. The van der Waals surface area contributed by atoms with Gasteiger partial charge in [0.25, 0.3) is 0 Å². The lowest BCUT2D eigenvalue weighted by atomic mass is 9.85. The SMILES string of the molecule is N[C@@H](c1cc(Cl)c(Cl)cc1O)C1CCN(C(=O)COC2COC2)CC1. The normalized spacial score (nSPS) is 20.4. The minimum atomic E-state index is -0.351. The number of hydrogen-bond acceptors (Lipinski definition) is 5. The number of carbonyl (C=O) groups excluding carboxylic acids is 1. The van der Waals surface area contributed by atoms with E-state index in [4.69, 9.17) is 38.4 Å². The molecule has 0 unspecified atom stereocenters. The number of amides is 1. The van der Waals surface area contributed by atoms with Crippen molar-refractivity contribution in [2.45, 2.75) is 25.0 Å². The van der Waals surface area contributed by atoms with Crippen molar-refractivity contribution in [2.75, 3.05) is 32.9 Å². The van der Waals surface area contributed by atoms with Gasteiger partial charge in [-0.15, -0.1) is 0 Å². The summed E-state index contributed by atoms with van der Waals surface area (Å²) in [5.41, 5.74) is 6.92. The molecule has 8 heteroatoms. The number of hydrogen-bond donors (Lipinski definition) is 2. The summed E-state index contributed by atoms with van der Waals surface area (Å²) in [6.45, 7) is 2.49. The van der Waals surface area contributed by atoms with Crippen LogP contribution in [0.25, 0.3) is 0 Å². The maximum atomic E-state index is 12.2. The molecule has 1 atom stereocenters. The van der Waals surface area contributed by atoms with E-state index in [0.717, 1.165) is 12.8 Å². The number of piperidine rings is 1. The third-order valence-electron chi connectivity index (χ3n) is 4.88. The number of phenols is 1. The van der Waals surface area contributed by atoms with E-state index in [-0.39, 0.29) is 36.3 Å². The Bertz CT molecular complexity index is 631. The highest BCUT2D eigenvalue weighted by Gasteiger charge is 2.30. The van der Waals surface area contributed by atoms with Crippen molar-refractivity contribution >= 4 is 29.1 Å². The summed E-state index contributed by atoms with van der Waals surface area (Å²) in [7, 11) is 0. The Morgan fingerprint density at radius 3 is 2.56 bits per heavy atom. The maximum Gasteiger partial charge on any atom is 0.248 e. The average Bonchev–Trinajstić information content (AvgIpc) is 2.56. The first-order valence-electron chi connectivity index (χ1n) is 8.36.